The zero-order valence-electron chi connectivity index (χ0n) is 12.3. The van der Waals surface area contributed by atoms with Gasteiger partial charge in [-0.15, -0.1) is 0 Å². The predicted molar refractivity (Wildman–Crippen MR) is 89.0 cm³/mol. The molecule has 2 nitrogen and oxygen atoms in total. The number of aliphatic hydroxyl groups excluding tert-OH is 1. The van der Waals surface area contributed by atoms with Gasteiger partial charge < -0.3 is 9.52 Å². The molecule has 0 aliphatic rings. The van der Waals surface area contributed by atoms with Crippen LogP contribution in [0.2, 0.25) is 0 Å². The maximum atomic E-state index is 10.7. The van der Waals surface area contributed by atoms with Crippen LogP contribution in [0.25, 0.3) is 21.9 Å². The molecule has 0 amide bonds. The molecule has 0 aliphatic carbocycles. The quantitative estimate of drug-likeness (QED) is 0.564. The third kappa shape index (κ3) is 2.00. The topological polar surface area (TPSA) is 33.4 Å². The molecule has 1 atom stereocenters. The molecule has 4 aromatic rings. The van der Waals surface area contributed by atoms with Crippen molar-refractivity contribution in [1.82, 2.24) is 0 Å². The van der Waals surface area contributed by atoms with Gasteiger partial charge in [0.1, 0.15) is 17.3 Å². The first-order valence-corrected chi connectivity index (χ1v) is 7.39. The van der Waals surface area contributed by atoms with Gasteiger partial charge in [-0.2, -0.15) is 0 Å². The molecule has 1 unspecified atom stereocenters. The van der Waals surface area contributed by atoms with Crippen LogP contribution >= 0.6 is 0 Å². The van der Waals surface area contributed by atoms with Gasteiger partial charge in [-0.1, -0.05) is 54.6 Å². The van der Waals surface area contributed by atoms with E-state index >= 15 is 0 Å². The van der Waals surface area contributed by atoms with Crippen LogP contribution in [0.3, 0.4) is 0 Å². The van der Waals surface area contributed by atoms with E-state index in [1.54, 1.807) is 0 Å². The Morgan fingerprint density at radius 1 is 0.818 bits per heavy atom. The van der Waals surface area contributed by atoms with Crippen LogP contribution in [0.5, 0.6) is 0 Å². The van der Waals surface area contributed by atoms with Gasteiger partial charge >= 0.3 is 0 Å². The summed E-state index contributed by atoms with van der Waals surface area (Å²) in [5.74, 6) is 0. The molecule has 0 fully saturated rings. The Hall–Kier alpha value is -2.58. The summed E-state index contributed by atoms with van der Waals surface area (Å²) in [5, 5.41) is 12.9. The first-order valence-electron chi connectivity index (χ1n) is 7.39. The summed E-state index contributed by atoms with van der Waals surface area (Å²) in [6, 6.07) is 21.8. The highest BCUT2D eigenvalue weighted by atomic mass is 16.3. The molecule has 108 valence electrons. The summed E-state index contributed by atoms with van der Waals surface area (Å²) in [4.78, 5) is 0. The summed E-state index contributed by atoms with van der Waals surface area (Å²) in [6.45, 7) is 2.01. The van der Waals surface area contributed by atoms with Crippen molar-refractivity contribution in [2.75, 3.05) is 0 Å². The van der Waals surface area contributed by atoms with Crippen molar-refractivity contribution in [3.8, 4) is 0 Å². The van der Waals surface area contributed by atoms with Crippen molar-refractivity contribution in [3.63, 3.8) is 0 Å². The molecule has 1 aromatic heterocycles. The first-order chi connectivity index (χ1) is 10.7. The average Bonchev–Trinajstić information content (AvgIpc) is 2.92. The molecule has 0 bridgehead atoms. The Morgan fingerprint density at radius 2 is 1.55 bits per heavy atom. The summed E-state index contributed by atoms with van der Waals surface area (Å²) in [6.07, 6.45) is -0.640. The molecule has 3 aromatic carbocycles. The van der Waals surface area contributed by atoms with E-state index in [1.165, 1.54) is 0 Å². The Morgan fingerprint density at radius 3 is 2.41 bits per heavy atom. The van der Waals surface area contributed by atoms with E-state index in [0.717, 1.165) is 38.6 Å². The maximum absolute atomic E-state index is 10.7. The lowest BCUT2D eigenvalue weighted by Crippen LogP contribution is -2.01. The van der Waals surface area contributed by atoms with Gasteiger partial charge in [-0.05, 0) is 35.7 Å². The minimum Gasteiger partial charge on any atom is -0.456 e. The van der Waals surface area contributed by atoms with Crippen LogP contribution < -0.4 is 0 Å². The third-order valence-electron chi connectivity index (χ3n) is 4.20. The first kappa shape index (κ1) is 13.1. The molecular weight excluding hydrogens is 272 g/mol. The van der Waals surface area contributed by atoms with Crippen molar-refractivity contribution in [1.29, 1.82) is 0 Å². The Kier molecular flexibility index (Phi) is 2.98. The SMILES string of the molecule is Cc1ccccc1C(O)c1ccc2c(c1)oc1ccccc12. The fourth-order valence-electron chi connectivity index (χ4n) is 2.99. The number of para-hydroxylation sites is 1. The third-order valence-corrected chi connectivity index (χ3v) is 4.20. The zero-order valence-corrected chi connectivity index (χ0v) is 12.3. The minimum absolute atomic E-state index is 0.640. The Balaban J connectivity index is 1.86. The molecule has 0 spiro atoms. The number of aryl methyl sites for hydroxylation is 1. The van der Waals surface area contributed by atoms with Crippen LogP contribution in [-0.2, 0) is 0 Å². The van der Waals surface area contributed by atoms with E-state index in [4.69, 9.17) is 4.42 Å². The minimum atomic E-state index is -0.640. The molecule has 0 saturated heterocycles. The Bertz CT molecular complexity index is 966. The van der Waals surface area contributed by atoms with Gasteiger partial charge in [0.05, 0.1) is 0 Å². The zero-order chi connectivity index (χ0) is 15.1. The number of furan rings is 1. The molecule has 0 radical (unpaired) electrons. The van der Waals surface area contributed by atoms with Crippen molar-refractivity contribution in [2.24, 2.45) is 0 Å². The van der Waals surface area contributed by atoms with Crippen molar-refractivity contribution in [2.45, 2.75) is 13.0 Å². The molecular formula is C20H16O2. The van der Waals surface area contributed by atoms with E-state index in [1.807, 2.05) is 67.6 Å². The highest BCUT2D eigenvalue weighted by molar-refractivity contribution is 6.04. The number of rotatable bonds is 2. The number of fused-ring (bicyclic) bond motifs is 3. The highest BCUT2D eigenvalue weighted by Crippen LogP contribution is 2.32. The smallest absolute Gasteiger partial charge is 0.135 e. The van der Waals surface area contributed by atoms with Crippen LogP contribution in [0, 0.1) is 6.92 Å². The summed E-state index contributed by atoms with van der Waals surface area (Å²) >= 11 is 0. The molecule has 2 heteroatoms. The summed E-state index contributed by atoms with van der Waals surface area (Å²) in [7, 11) is 0. The molecule has 0 aliphatic heterocycles. The standard InChI is InChI=1S/C20H16O2/c1-13-6-2-3-7-15(13)20(21)14-10-11-17-16-8-4-5-9-18(16)22-19(17)12-14/h2-12,20-21H,1H3. The fourth-order valence-corrected chi connectivity index (χ4v) is 2.99. The van der Waals surface area contributed by atoms with E-state index in [-0.39, 0.29) is 0 Å². The van der Waals surface area contributed by atoms with Crippen molar-refractivity contribution in [3.05, 3.63) is 83.4 Å². The van der Waals surface area contributed by atoms with Crippen LogP contribution in [0.15, 0.2) is 71.1 Å². The molecule has 4 rings (SSSR count). The molecule has 0 saturated carbocycles. The van der Waals surface area contributed by atoms with E-state index in [9.17, 15) is 5.11 Å². The lowest BCUT2D eigenvalue weighted by atomic mass is 9.97. The van der Waals surface area contributed by atoms with E-state index in [0.29, 0.717) is 0 Å². The van der Waals surface area contributed by atoms with Crippen LogP contribution in [0.4, 0.5) is 0 Å². The van der Waals surface area contributed by atoms with Gasteiger partial charge in [0.2, 0.25) is 0 Å². The number of hydrogen-bond donors (Lipinski definition) is 1. The van der Waals surface area contributed by atoms with Crippen LogP contribution in [0.1, 0.15) is 22.8 Å². The Labute approximate surface area is 128 Å². The van der Waals surface area contributed by atoms with Gasteiger partial charge in [0.15, 0.2) is 0 Å². The molecule has 1 N–H and O–H groups in total. The maximum Gasteiger partial charge on any atom is 0.135 e. The van der Waals surface area contributed by atoms with E-state index in [2.05, 4.69) is 6.07 Å². The number of benzene rings is 3. The number of aliphatic hydroxyl groups is 1. The lowest BCUT2D eigenvalue weighted by molar-refractivity contribution is 0.219. The second-order valence-corrected chi connectivity index (χ2v) is 5.61. The summed E-state index contributed by atoms with van der Waals surface area (Å²) in [5.41, 5.74) is 4.55. The largest absolute Gasteiger partial charge is 0.456 e. The van der Waals surface area contributed by atoms with E-state index < -0.39 is 6.10 Å². The van der Waals surface area contributed by atoms with Gasteiger partial charge in [0.25, 0.3) is 0 Å². The molecule has 22 heavy (non-hydrogen) atoms. The highest BCUT2D eigenvalue weighted by Gasteiger charge is 2.15. The monoisotopic (exact) mass is 288 g/mol. The lowest BCUT2D eigenvalue weighted by Gasteiger charge is -2.13. The fraction of sp³-hybridized carbons (Fsp3) is 0.100. The van der Waals surface area contributed by atoms with Crippen LogP contribution in [-0.4, -0.2) is 5.11 Å². The normalized spacial score (nSPS) is 12.8. The predicted octanol–water partition coefficient (Wildman–Crippen LogP) is 4.98. The second kappa shape index (κ2) is 5.00. The van der Waals surface area contributed by atoms with Crippen molar-refractivity contribution < 1.29 is 9.52 Å². The molecule has 1 heterocycles. The van der Waals surface area contributed by atoms with Gasteiger partial charge in [-0.3, -0.25) is 0 Å². The second-order valence-electron chi connectivity index (χ2n) is 5.61. The van der Waals surface area contributed by atoms with Crippen molar-refractivity contribution >= 4 is 21.9 Å². The summed E-state index contributed by atoms with van der Waals surface area (Å²) < 4.78 is 5.90. The average molecular weight is 288 g/mol. The van der Waals surface area contributed by atoms with Gasteiger partial charge in [0, 0.05) is 10.8 Å². The number of hydrogen-bond acceptors (Lipinski definition) is 2. The van der Waals surface area contributed by atoms with Gasteiger partial charge in [-0.25, -0.2) is 0 Å².